The van der Waals surface area contributed by atoms with Gasteiger partial charge < -0.3 is 10.1 Å². The summed E-state index contributed by atoms with van der Waals surface area (Å²) in [4.78, 5) is 22.1. The van der Waals surface area contributed by atoms with Gasteiger partial charge in [-0.15, -0.1) is 11.3 Å². The summed E-state index contributed by atoms with van der Waals surface area (Å²) in [6.45, 7) is 0.383. The zero-order valence-corrected chi connectivity index (χ0v) is 14.9. The lowest BCUT2D eigenvalue weighted by molar-refractivity contribution is 0.0945. The number of benzene rings is 1. The number of ether oxygens (including phenoxy) is 1. The molecule has 7 heteroatoms. The van der Waals surface area contributed by atoms with Crippen LogP contribution in [0.4, 0.5) is 0 Å². The van der Waals surface area contributed by atoms with Crippen LogP contribution in [0, 0.1) is 0 Å². The van der Waals surface area contributed by atoms with Gasteiger partial charge in [0.05, 0.1) is 25.0 Å². The average molecular weight is 364 g/mol. The molecule has 0 atom stereocenters. The molecule has 1 N–H and O–H groups in total. The Kier molecular flexibility index (Phi) is 4.37. The summed E-state index contributed by atoms with van der Waals surface area (Å²) in [5, 5.41) is 4.71. The molecule has 130 valence electrons. The Bertz CT molecular complexity index is 1060. The Morgan fingerprint density at radius 3 is 3.00 bits per heavy atom. The summed E-state index contributed by atoms with van der Waals surface area (Å²) in [7, 11) is 1.63. The predicted octanol–water partition coefficient (Wildman–Crippen LogP) is 3.40. The van der Waals surface area contributed by atoms with Crippen molar-refractivity contribution in [2.45, 2.75) is 6.54 Å². The average Bonchev–Trinajstić information content (AvgIpc) is 3.28. The Morgan fingerprint density at radius 1 is 1.27 bits per heavy atom. The summed E-state index contributed by atoms with van der Waals surface area (Å²) in [6.07, 6.45) is 3.58. The van der Waals surface area contributed by atoms with E-state index in [1.165, 1.54) is 11.3 Å². The number of hydrogen-bond acceptors (Lipinski definition) is 5. The van der Waals surface area contributed by atoms with Gasteiger partial charge >= 0.3 is 0 Å². The van der Waals surface area contributed by atoms with Crippen LogP contribution < -0.4 is 10.1 Å². The van der Waals surface area contributed by atoms with E-state index in [1.54, 1.807) is 13.3 Å². The number of aromatic nitrogens is 3. The molecule has 4 aromatic rings. The van der Waals surface area contributed by atoms with Crippen LogP contribution in [0.25, 0.3) is 16.2 Å². The minimum Gasteiger partial charge on any atom is -0.497 e. The molecule has 4 rings (SSSR count). The molecule has 0 radical (unpaired) electrons. The highest BCUT2D eigenvalue weighted by molar-refractivity contribution is 7.15. The van der Waals surface area contributed by atoms with Crippen molar-refractivity contribution < 1.29 is 9.53 Å². The largest absolute Gasteiger partial charge is 0.497 e. The maximum absolute atomic E-state index is 12.5. The molecule has 3 aromatic heterocycles. The Hall–Kier alpha value is -3.19. The lowest BCUT2D eigenvalue weighted by Crippen LogP contribution is -2.24. The van der Waals surface area contributed by atoms with Crippen LogP contribution in [0.3, 0.4) is 0 Å². The number of carbonyl (C=O) groups is 1. The summed E-state index contributed by atoms with van der Waals surface area (Å²) in [5.74, 6) is 0.615. The van der Waals surface area contributed by atoms with E-state index in [4.69, 9.17) is 4.74 Å². The number of methoxy groups -OCH3 is 1. The van der Waals surface area contributed by atoms with Crippen molar-refractivity contribution in [2.24, 2.45) is 0 Å². The molecule has 0 unspecified atom stereocenters. The molecular weight excluding hydrogens is 348 g/mol. The highest BCUT2D eigenvalue weighted by Gasteiger charge is 2.15. The van der Waals surface area contributed by atoms with Crippen molar-refractivity contribution in [3.05, 3.63) is 71.6 Å². The molecule has 3 heterocycles. The smallest absolute Gasteiger partial charge is 0.269 e. The number of carbonyl (C=O) groups excluding carboxylic acids is 1. The van der Waals surface area contributed by atoms with Gasteiger partial charge in [0.25, 0.3) is 5.91 Å². The number of fused-ring (bicyclic) bond motifs is 1. The lowest BCUT2D eigenvalue weighted by atomic mass is 10.1. The zero-order valence-electron chi connectivity index (χ0n) is 14.0. The number of imidazole rings is 1. The molecular formula is C19H16N4O2S. The van der Waals surface area contributed by atoms with E-state index >= 15 is 0 Å². The SMILES string of the molecule is COc1cccc(-c2cn3c(C(=O)NCc4ccccn4)csc3n2)c1. The third-order valence-electron chi connectivity index (χ3n) is 3.96. The lowest BCUT2D eigenvalue weighted by Gasteiger charge is -2.04. The second-order valence-electron chi connectivity index (χ2n) is 5.64. The van der Waals surface area contributed by atoms with Crippen LogP contribution in [0.2, 0.25) is 0 Å². The number of thiazole rings is 1. The number of hydrogen-bond donors (Lipinski definition) is 1. The zero-order chi connectivity index (χ0) is 17.9. The van der Waals surface area contributed by atoms with Gasteiger partial charge in [-0.1, -0.05) is 18.2 Å². The molecule has 26 heavy (non-hydrogen) atoms. The van der Waals surface area contributed by atoms with Crippen molar-refractivity contribution in [1.29, 1.82) is 0 Å². The van der Waals surface area contributed by atoms with Crippen LogP contribution in [0.1, 0.15) is 16.2 Å². The van der Waals surface area contributed by atoms with Crippen molar-refractivity contribution in [3.63, 3.8) is 0 Å². The normalized spacial score (nSPS) is 10.8. The molecule has 1 amide bonds. The van der Waals surface area contributed by atoms with Gasteiger partial charge in [0.1, 0.15) is 11.4 Å². The van der Waals surface area contributed by atoms with Crippen LogP contribution in [0.5, 0.6) is 5.75 Å². The van der Waals surface area contributed by atoms with Gasteiger partial charge in [0.15, 0.2) is 4.96 Å². The Labute approximate surface area is 154 Å². The number of pyridine rings is 1. The summed E-state index contributed by atoms with van der Waals surface area (Å²) in [6, 6.07) is 13.3. The Morgan fingerprint density at radius 2 is 2.19 bits per heavy atom. The van der Waals surface area contributed by atoms with Gasteiger partial charge in [0.2, 0.25) is 0 Å². The molecule has 0 spiro atoms. The van der Waals surface area contributed by atoms with E-state index in [9.17, 15) is 4.79 Å². The second-order valence-corrected chi connectivity index (χ2v) is 6.47. The summed E-state index contributed by atoms with van der Waals surface area (Å²) >= 11 is 1.43. The fourth-order valence-corrected chi connectivity index (χ4v) is 3.49. The van der Waals surface area contributed by atoms with E-state index in [1.807, 2.05) is 58.4 Å². The van der Waals surface area contributed by atoms with Crippen LogP contribution in [-0.2, 0) is 6.54 Å². The molecule has 0 bridgehead atoms. The first-order chi connectivity index (χ1) is 12.7. The van der Waals surface area contributed by atoms with Crippen molar-refractivity contribution in [3.8, 4) is 17.0 Å². The highest BCUT2D eigenvalue weighted by atomic mass is 32.1. The van der Waals surface area contributed by atoms with Gasteiger partial charge in [0, 0.05) is 23.3 Å². The topological polar surface area (TPSA) is 68.5 Å². The first-order valence-electron chi connectivity index (χ1n) is 8.04. The van der Waals surface area contributed by atoms with E-state index in [0.717, 1.165) is 27.7 Å². The van der Waals surface area contributed by atoms with E-state index in [-0.39, 0.29) is 5.91 Å². The fraction of sp³-hybridized carbons (Fsp3) is 0.105. The monoisotopic (exact) mass is 364 g/mol. The quantitative estimate of drug-likeness (QED) is 0.589. The van der Waals surface area contributed by atoms with Crippen LogP contribution in [-0.4, -0.2) is 27.4 Å². The molecule has 0 aliphatic rings. The number of nitrogens with zero attached hydrogens (tertiary/aromatic N) is 3. The van der Waals surface area contributed by atoms with Crippen molar-refractivity contribution >= 4 is 22.2 Å². The van der Waals surface area contributed by atoms with Crippen molar-refractivity contribution in [2.75, 3.05) is 7.11 Å². The third kappa shape index (κ3) is 3.16. The van der Waals surface area contributed by atoms with E-state index in [2.05, 4.69) is 15.3 Å². The van der Waals surface area contributed by atoms with Gasteiger partial charge in [-0.2, -0.15) is 0 Å². The highest BCUT2D eigenvalue weighted by Crippen LogP contribution is 2.26. The second kappa shape index (κ2) is 6.97. The first-order valence-corrected chi connectivity index (χ1v) is 8.91. The van der Waals surface area contributed by atoms with Gasteiger partial charge in [-0.25, -0.2) is 4.98 Å². The Balaban J connectivity index is 1.58. The number of amides is 1. The molecule has 0 aliphatic heterocycles. The van der Waals surface area contributed by atoms with Gasteiger partial charge in [-0.3, -0.25) is 14.2 Å². The van der Waals surface area contributed by atoms with E-state index < -0.39 is 0 Å². The minimum absolute atomic E-state index is 0.156. The van der Waals surface area contributed by atoms with Crippen molar-refractivity contribution in [1.82, 2.24) is 19.7 Å². The summed E-state index contributed by atoms with van der Waals surface area (Å²) in [5.41, 5.74) is 3.12. The molecule has 0 saturated heterocycles. The van der Waals surface area contributed by atoms with Crippen LogP contribution >= 0.6 is 11.3 Å². The molecule has 0 saturated carbocycles. The minimum atomic E-state index is -0.156. The third-order valence-corrected chi connectivity index (χ3v) is 4.80. The molecule has 0 aliphatic carbocycles. The predicted molar refractivity (Wildman–Crippen MR) is 100 cm³/mol. The summed E-state index contributed by atoms with van der Waals surface area (Å²) < 4.78 is 7.08. The van der Waals surface area contributed by atoms with Gasteiger partial charge in [-0.05, 0) is 24.3 Å². The molecule has 1 aromatic carbocycles. The molecule has 0 fully saturated rings. The standard InChI is InChI=1S/C19H16N4O2S/c1-25-15-7-4-5-13(9-15)16-11-23-17(12-26-19(23)22-16)18(24)21-10-14-6-2-3-8-20-14/h2-9,11-12H,10H2,1H3,(H,21,24). The first kappa shape index (κ1) is 16.3. The number of nitrogens with one attached hydrogen (secondary N) is 1. The maximum atomic E-state index is 12.5. The maximum Gasteiger partial charge on any atom is 0.269 e. The molecule has 6 nitrogen and oxygen atoms in total. The fourth-order valence-electron chi connectivity index (χ4n) is 2.63. The van der Waals surface area contributed by atoms with E-state index in [0.29, 0.717) is 12.2 Å². The van der Waals surface area contributed by atoms with Crippen LogP contribution in [0.15, 0.2) is 60.2 Å². The number of rotatable bonds is 5.